The number of hydrogen-bond donors (Lipinski definition) is 1. The van der Waals surface area contributed by atoms with Crippen LogP contribution in [0.1, 0.15) is 13.8 Å². The quantitative estimate of drug-likeness (QED) is 0.592. The molecule has 0 rings (SSSR count). The van der Waals surface area contributed by atoms with E-state index in [1.807, 2.05) is 0 Å². The monoisotopic (exact) mass is 180 g/mol. The first-order valence-electron chi connectivity index (χ1n) is 4.41. The third-order valence-electron chi connectivity index (χ3n) is 1.80. The molecule has 4 heteroatoms. The Bertz CT molecular complexity index is 95.1. The summed E-state index contributed by atoms with van der Waals surface area (Å²) in [5, 5.41) is 2.69. The molecule has 0 unspecified atom stereocenters. The van der Waals surface area contributed by atoms with Crippen LogP contribution in [0.5, 0.6) is 0 Å². The molecule has 0 aliphatic rings. The molecule has 0 radical (unpaired) electrons. The first-order chi connectivity index (χ1) is 5.70. The van der Waals surface area contributed by atoms with Gasteiger partial charge in [-0.15, -0.1) is 0 Å². The van der Waals surface area contributed by atoms with Crippen LogP contribution in [-0.2, 0) is 0 Å². The Balaban J connectivity index is 3.17. The lowest BCUT2D eigenvalue weighted by Gasteiger charge is -2.17. The first-order valence-corrected chi connectivity index (χ1v) is 4.41. The van der Waals surface area contributed by atoms with E-state index in [4.69, 9.17) is 0 Å². The van der Waals surface area contributed by atoms with Crippen molar-refractivity contribution < 1.29 is 8.78 Å². The first kappa shape index (κ1) is 11.8. The highest BCUT2D eigenvalue weighted by Crippen LogP contribution is 1.88. The zero-order chi connectivity index (χ0) is 9.40. The molecule has 0 heterocycles. The van der Waals surface area contributed by atoms with E-state index in [1.165, 1.54) is 0 Å². The molecule has 2 nitrogen and oxygen atoms in total. The molecule has 1 N–H and O–H groups in total. The highest BCUT2D eigenvalue weighted by molar-refractivity contribution is 4.55. The molecule has 0 aromatic carbocycles. The average molecular weight is 180 g/mol. The van der Waals surface area contributed by atoms with Gasteiger partial charge in [-0.2, -0.15) is 0 Å². The summed E-state index contributed by atoms with van der Waals surface area (Å²) in [6.45, 7) is 7.39. The van der Waals surface area contributed by atoms with Crippen molar-refractivity contribution in [1.29, 1.82) is 0 Å². The molecule has 0 saturated heterocycles. The van der Waals surface area contributed by atoms with Gasteiger partial charge >= 0.3 is 0 Å². The van der Waals surface area contributed by atoms with Gasteiger partial charge in [0, 0.05) is 13.1 Å². The zero-order valence-electron chi connectivity index (χ0n) is 7.82. The molecule has 0 aliphatic heterocycles. The highest BCUT2D eigenvalue weighted by Gasteiger charge is 2.01. The van der Waals surface area contributed by atoms with E-state index < -0.39 is 6.43 Å². The van der Waals surface area contributed by atoms with Crippen LogP contribution < -0.4 is 5.32 Å². The van der Waals surface area contributed by atoms with Crippen LogP contribution in [0.3, 0.4) is 0 Å². The summed E-state index contributed by atoms with van der Waals surface area (Å²) in [7, 11) is 0. The van der Waals surface area contributed by atoms with Crippen LogP contribution >= 0.6 is 0 Å². The predicted molar refractivity (Wildman–Crippen MR) is 46.7 cm³/mol. The Labute approximate surface area is 72.9 Å². The van der Waals surface area contributed by atoms with Crippen LogP contribution in [0.15, 0.2) is 0 Å². The smallest absolute Gasteiger partial charge is 0.250 e. The molecule has 0 aliphatic carbocycles. The van der Waals surface area contributed by atoms with Crippen molar-refractivity contribution in [2.45, 2.75) is 20.3 Å². The molecule has 0 bridgehead atoms. The topological polar surface area (TPSA) is 15.3 Å². The van der Waals surface area contributed by atoms with Crippen LogP contribution in [0.4, 0.5) is 8.78 Å². The summed E-state index contributed by atoms with van der Waals surface area (Å²) in [5.41, 5.74) is 0. The molecule has 0 atom stereocenters. The maximum absolute atomic E-state index is 11.6. The second kappa shape index (κ2) is 7.43. The minimum atomic E-state index is -2.23. The Morgan fingerprint density at radius 1 is 1.25 bits per heavy atom. The molecule has 0 amide bonds. The van der Waals surface area contributed by atoms with Gasteiger partial charge in [-0.05, 0) is 13.1 Å². The van der Waals surface area contributed by atoms with E-state index in [0.717, 1.165) is 19.6 Å². The maximum Gasteiger partial charge on any atom is 0.250 e. The lowest BCUT2D eigenvalue weighted by atomic mass is 10.4. The minimum absolute atomic E-state index is 0.193. The summed E-state index contributed by atoms with van der Waals surface area (Å²) < 4.78 is 23.3. The van der Waals surface area contributed by atoms with Crippen LogP contribution in [-0.4, -0.2) is 44.0 Å². The van der Waals surface area contributed by atoms with E-state index in [2.05, 4.69) is 24.1 Å². The molecular formula is C8H18F2N2. The summed E-state index contributed by atoms with van der Waals surface area (Å²) in [4.78, 5) is 2.19. The Hall–Kier alpha value is -0.220. The van der Waals surface area contributed by atoms with Crippen LogP contribution in [0.25, 0.3) is 0 Å². The van der Waals surface area contributed by atoms with E-state index in [9.17, 15) is 8.78 Å². The van der Waals surface area contributed by atoms with Gasteiger partial charge in [0.2, 0.25) is 0 Å². The number of likely N-dealkylation sites (N-methyl/N-ethyl adjacent to an activating group) is 1. The average Bonchev–Trinajstić information content (AvgIpc) is 2.04. The van der Waals surface area contributed by atoms with E-state index in [-0.39, 0.29) is 6.54 Å². The van der Waals surface area contributed by atoms with Gasteiger partial charge in [-0.25, -0.2) is 8.78 Å². The summed E-state index contributed by atoms with van der Waals surface area (Å²) in [6.07, 6.45) is -2.23. The summed E-state index contributed by atoms with van der Waals surface area (Å²) in [5.74, 6) is 0. The van der Waals surface area contributed by atoms with Crippen LogP contribution in [0, 0.1) is 0 Å². The highest BCUT2D eigenvalue weighted by atomic mass is 19.3. The number of nitrogens with zero attached hydrogens (tertiary/aromatic N) is 1. The summed E-state index contributed by atoms with van der Waals surface area (Å²) >= 11 is 0. The van der Waals surface area contributed by atoms with Gasteiger partial charge in [-0.1, -0.05) is 13.8 Å². The molecular weight excluding hydrogens is 162 g/mol. The lowest BCUT2D eigenvalue weighted by molar-refractivity contribution is 0.144. The fourth-order valence-corrected chi connectivity index (χ4v) is 0.988. The number of halogens is 2. The normalized spacial score (nSPS) is 11.5. The van der Waals surface area contributed by atoms with Gasteiger partial charge in [0.05, 0.1) is 6.54 Å². The SMILES string of the molecule is CCN(CC)CCNCC(F)F. The largest absolute Gasteiger partial charge is 0.310 e. The predicted octanol–water partition coefficient (Wildman–Crippen LogP) is 1.18. The van der Waals surface area contributed by atoms with Crippen molar-refractivity contribution in [2.75, 3.05) is 32.7 Å². The van der Waals surface area contributed by atoms with Gasteiger partial charge < -0.3 is 10.2 Å². The van der Waals surface area contributed by atoms with Gasteiger partial charge in [-0.3, -0.25) is 0 Å². The number of alkyl halides is 2. The third kappa shape index (κ3) is 6.49. The fraction of sp³-hybridized carbons (Fsp3) is 1.00. The minimum Gasteiger partial charge on any atom is -0.310 e. The molecule has 12 heavy (non-hydrogen) atoms. The maximum atomic E-state index is 11.6. The Kier molecular flexibility index (Phi) is 7.29. The zero-order valence-corrected chi connectivity index (χ0v) is 7.82. The molecule has 74 valence electrons. The molecule has 0 aromatic rings. The Morgan fingerprint density at radius 2 is 1.83 bits per heavy atom. The Morgan fingerprint density at radius 3 is 2.25 bits per heavy atom. The fourth-order valence-electron chi connectivity index (χ4n) is 0.988. The van der Waals surface area contributed by atoms with Gasteiger partial charge in [0.1, 0.15) is 0 Å². The number of rotatable bonds is 7. The molecule has 0 saturated carbocycles. The molecule has 0 aromatic heterocycles. The van der Waals surface area contributed by atoms with Gasteiger partial charge in [0.15, 0.2) is 0 Å². The third-order valence-corrected chi connectivity index (χ3v) is 1.80. The molecule has 0 spiro atoms. The lowest BCUT2D eigenvalue weighted by Crippen LogP contribution is -2.33. The van der Waals surface area contributed by atoms with Crippen molar-refractivity contribution in [3.05, 3.63) is 0 Å². The second-order valence-corrected chi connectivity index (χ2v) is 2.62. The van der Waals surface area contributed by atoms with Crippen molar-refractivity contribution in [2.24, 2.45) is 0 Å². The number of hydrogen-bond acceptors (Lipinski definition) is 2. The standard InChI is InChI=1S/C8H18F2N2/c1-3-12(4-2)6-5-11-7-8(9)10/h8,11H,3-7H2,1-2H3. The van der Waals surface area contributed by atoms with Crippen molar-refractivity contribution in [3.63, 3.8) is 0 Å². The van der Waals surface area contributed by atoms with Crippen molar-refractivity contribution >= 4 is 0 Å². The van der Waals surface area contributed by atoms with E-state index >= 15 is 0 Å². The van der Waals surface area contributed by atoms with Crippen LogP contribution in [0.2, 0.25) is 0 Å². The van der Waals surface area contributed by atoms with Crippen molar-refractivity contribution in [3.8, 4) is 0 Å². The van der Waals surface area contributed by atoms with Crippen molar-refractivity contribution in [1.82, 2.24) is 10.2 Å². The van der Waals surface area contributed by atoms with E-state index in [0.29, 0.717) is 6.54 Å². The second-order valence-electron chi connectivity index (χ2n) is 2.62. The number of nitrogens with one attached hydrogen (secondary N) is 1. The van der Waals surface area contributed by atoms with E-state index in [1.54, 1.807) is 0 Å². The summed E-state index contributed by atoms with van der Waals surface area (Å²) in [6, 6.07) is 0. The molecule has 0 fully saturated rings. The van der Waals surface area contributed by atoms with Gasteiger partial charge in [0.25, 0.3) is 6.43 Å².